The van der Waals surface area contributed by atoms with Crippen LogP contribution in [0.3, 0.4) is 0 Å². The third kappa shape index (κ3) is 3.21. The Labute approximate surface area is 128 Å². The van der Waals surface area contributed by atoms with E-state index in [4.69, 9.17) is 4.42 Å². The van der Waals surface area contributed by atoms with Crippen LogP contribution in [0.2, 0.25) is 0 Å². The van der Waals surface area contributed by atoms with Gasteiger partial charge in [-0.3, -0.25) is 4.90 Å². The first kappa shape index (κ1) is 14.8. The topological polar surface area (TPSA) is 53.8 Å². The van der Waals surface area contributed by atoms with Crippen molar-refractivity contribution in [3.63, 3.8) is 0 Å². The van der Waals surface area contributed by atoms with E-state index in [-0.39, 0.29) is 0 Å². The molecule has 1 aliphatic heterocycles. The van der Waals surface area contributed by atoms with Gasteiger partial charge >= 0.3 is 0 Å². The van der Waals surface area contributed by atoms with Crippen molar-refractivity contribution in [3.8, 4) is 0 Å². The van der Waals surface area contributed by atoms with Gasteiger partial charge in [0, 0.05) is 26.2 Å². The van der Waals surface area contributed by atoms with Gasteiger partial charge < -0.3 is 4.42 Å². The third-order valence-corrected chi connectivity index (χ3v) is 6.87. The monoisotopic (exact) mass is 326 g/mol. The summed E-state index contributed by atoms with van der Waals surface area (Å²) in [6.45, 7) is 5.17. The molecule has 5 nitrogen and oxygen atoms in total. The number of hydrogen-bond acceptors (Lipinski definition) is 5. The fraction of sp³-hybridized carbons (Fsp3) is 0.429. The van der Waals surface area contributed by atoms with Gasteiger partial charge in [-0.2, -0.15) is 4.31 Å². The van der Waals surface area contributed by atoms with E-state index >= 15 is 0 Å². The Balaban J connectivity index is 1.60. The van der Waals surface area contributed by atoms with Crippen LogP contribution in [0.15, 0.2) is 38.3 Å². The lowest BCUT2D eigenvalue weighted by Gasteiger charge is -2.33. The minimum absolute atomic E-state index is 0.428. The molecule has 114 valence electrons. The molecule has 2 aromatic heterocycles. The van der Waals surface area contributed by atoms with Crippen LogP contribution in [-0.2, 0) is 16.6 Å². The zero-order chi connectivity index (χ0) is 14.9. The van der Waals surface area contributed by atoms with Crippen LogP contribution in [0.1, 0.15) is 11.5 Å². The van der Waals surface area contributed by atoms with E-state index in [0.29, 0.717) is 17.3 Å². The summed E-state index contributed by atoms with van der Waals surface area (Å²) in [6.07, 6.45) is 0. The molecule has 0 saturated carbocycles. The molecule has 1 fully saturated rings. The summed E-state index contributed by atoms with van der Waals surface area (Å²) in [5.74, 6) is 1.84. The fourth-order valence-corrected chi connectivity index (χ4v) is 5.02. The van der Waals surface area contributed by atoms with Crippen LogP contribution in [0, 0.1) is 6.92 Å². The highest BCUT2D eigenvalue weighted by Crippen LogP contribution is 2.22. The Bertz CT molecular complexity index is 684. The molecule has 0 bridgehead atoms. The van der Waals surface area contributed by atoms with Crippen molar-refractivity contribution in [2.45, 2.75) is 17.7 Å². The van der Waals surface area contributed by atoms with Crippen LogP contribution in [0.5, 0.6) is 0 Å². The molecule has 0 aliphatic carbocycles. The molecule has 0 spiro atoms. The maximum Gasteiger partial charge on any atom is 0.252 e. The number of sulfonamides is 1. The number of aryl methyl sites for hydroxylation is 1. The number of rotatable bonds is 4. The first-order valence-electron chi connectivity index (χ1n) is 6.87. The smallest absolute Gasteiger partial charge is 0.252 e. The van der Waals surface area contributed by atoms with E-state index < -0.39 is 10.0 Å². The van der Waals surface area contributed by atoms with E-state index in [2.05, 4.69) is 4.90 Å². The van der Waals surface area contributed by atoms with Crippen molar-refractivity contribution in [2.75, 3.05) is 26.2 Å². The number of piperazine rings is 1. The van der Waals surface area contributed by atoms with Crippen molar-refractivity contribution in [3.05, 3.63) is 41.2 Å². The second kappa shape index (κ2) is 5.92. The average molecular weight is 326 g/mol. The molecule has 0 N–H and O–H groups in total. The molecule has 0 radical (unpaired) electrons. The molecular formula is C14H18N2O3S2. The van der Waals surface area contributed by atoms with Gasteiger partial charge in [-0.1, -0.05) is 6.07 Å². The van der Waals surface area contributed by atoms with Crippen LogP contribution in [0.25, 0.3) is 0 Å². The van der Waals surface area contributed by atoms with E-state index in [1.807, 2.05) is 19.1 Å². The second-order valence-electron chi connectivity index (χ2n) is 5.12. The Kier molecular flexibility index (Phi) is 4.17. The van der Waals surface area contributed by atoms with E-state index in [1.54, 1.807) is 21.8 Å². The van der Waals surface area contributed by atoms with Crippen molar-refractivity contribution >= 4 is 21.4 Å². The van der Waals surface area contributed by atoms with Crippen molar-refractivity contribution in [1.82, 2.24) is 9.21 Å². The van der Waals surface area contributed by atoms with E-state index in [9.17, 15) is 8.42 Å². The normalized spacial score (nSPS) is 18.1. The largest absolute Gasteiger partial charge is 0.465 e. The standard InChI is InChI=1S/C14H18N2O3S2/c1-12-4-5-13(19-12)11-15-6-8-16(9-7-15)21(17,18)14-3-2-10-20-14/h2-5,10H,6-9,11H2,1H3. The molecule has 1 saturated heterocycles. The number of nitrogens with zero attached hydrogens (tertiary/aromatic N) is 2. The summed E-state index contributed by atoms with van der Waals surface area (Å²) >= 11 is 1.27. The molecule has 7 heteroatoms. The quantitative estimate of drug-likeness (QED) is 0.864. The van der Waals surface area contributed by atoms with Crippen LogP contribution < -0.4 is 0 Å². The van der Waals surface area contributed by atoms with E-state index in [1.165, 1.54) is 11.3 Å². The number of thiophene rings is 1. The average Bonchev–Trinajstić information content (AvgIpc) is 3.11. The van der Waals surface area contributed by atoms with Crippen molar-refractivity contribution in [2.24, 2.45) is 0 Å². The van der Waals surface area contributed by atoms with Gasteiger partial charge in [-0.05, 0) is 30.5 Å². The molecule has 21 heavy (non-hydrogen) atoms. The molecule has 0 atom stereocenters. The number of hydrogen-bond donors (Lipinski definition) is 0. The fourth-order valence-electron chi connectivity index (χ4n) is 2.46. The minimum Gasteiger partial charge on any atom is -0.465 e. The van der Waals surface area contributed by atoms with Gasteiger partial charge in [0.2, 0.25) is 0 Å². The Morgan fingerprint density at radius 1 is 1.19 bits per heavy atom. The zero-order valence-corrected chi connectivity index (χ0v) is 13.5. The highest BCUT2D eigenvalue weighted by Gasteiger charge is 2.29. The lowest BCUT2D eigenvalue weighted by atomic mass is 10.3. The van der Waals surface area contributed by atoms with Gasteiger partial charge in [-0.25, -0.2) is 8.42 Å². The van der Waals surface area contributed by atoms with Gasteiger partial charge in [0.1, 0.15) is 15.7 Å². The first-order valence-corrected chi connectivity index (χ1v) is 9.19. The Morgan fingerprint density at radius 2 is 1.95 bits per heavy atom. The molecule has 3 rings (SSSR count). The molecule has 1 aliphatic rings. The summed E-state index contributed by atoms with van der Waals surface area (Å²) in [5, 5.41) is 1.79. The van der Waals surface area contributed by atoms with Crippen molar-refractivity contribution in [1.29, 1.82) is 0 Å². The van der Waals surface area contributed by atoms with Crippen LogP contribution in [-0.4, -0.2) is 43.8 Å². The number of furan rings is 1. The minimum atomic E-state index is -3.31. The summed E-state index contributed by atoms with van der Waals surface area (Å²) in [5.41, 5.74) is 0. The summed E-state index contributed by atoms with van der Waals surface area (Å²) in [6, 6.07) is 7.36. The lowest BCUT2D eigenvalue weighted by Crippen LogP contribution is -2.47. The van der Waals surface area contributed by atoms with Gasteiger partial charge in [0.15, 0.2) is 0 Å². The van der Waals surface area contributed by atoms with Gasteiger partial charge in [0.05, 0.1) is 6.54 Å². The second-order valence-corrected chi connectivity index (χ2v) is 8.24. The first-order chi connectivity index (χ1) is 10.1. The predicted octanol–water partition coefficient (Wildman–Crippen LogP) is 2.16. The van der Waals surface area contributed by atoms with E-state index in [0.717, 1.165) is 31.2 Å². The summed E-state index contributed by atoms with van der Waals surface area (Å²) in [7, 11) is -3.31. The highest BCUT2D eigenvalue weighted by atomic mass is 32.2. The maximum absolute atomic E-state index is 12.4. The molecule has 0 amide bonds. The molecule has 2 aromatic rings. The molecule has 3 heterocycles. The third-order valence-electron chi connectivity index (χ3n) is 3.60. The van der Waals surface area contributed by atoms with Crippen LogP contribution >= 0.6 is 11.3 Å². The van der Waals surface area contributed by atoms with Crippen molar-refractivity contribution < 1.29 is 12.8 Å². The van der Waals surface area contributed by atoms with Crippen LogP contribution in [0.4, 0.5) is 0 Å². The predicted molar refractivity (Wildman–Crippen MR) is 81.8 cm³/mol. The lowest BCUT2D eigenvalue weighted by molar-refractivity contribution is 0.170. The molecule has 0 aromatic carbocycles. The SMILES string of the molecule is Cc1ccc(CN2CCN(S(=O)(=O)c3cccs3)CC2)o1. The molecule has 0 unspecified atom stereocenters. The zero-order valence-electron chi connectivity index (χ0n) is 11.9. The maximum atomic E-state index is 12.4. The summed E-state index contributed by atoms with van der Waals surface area (Å²) < 4.78 is 32.4. The van der Waals surface area contributed by atoms with Gasteiger partial charge in [-0.15, -0.1) is 11.3 Å². The summed E-state index contributed by atoms with van der Waals surface area (Å²) in [4.78, 5) is 2.22. The molecular weight excluding hydrogens is 308 g/mol. The Morgan fingerprint density at radius 3 is 2.52 bits per heavy atom. The Hall–Kier alpha value is -1.15. The van der Waals surface area contributed by atoms with Gasteiger partial charge in [0.25, 0.3) is 10.0 Å². The highest BCUT2D eigenvalue weighted by molar-refractivity contribution is 7.91.